The van der Waals surface area contributed by atoms with Gasteiger partial charge < -0.3 is 40.5 Å². The van der Waals surface area contributed by atoms with Gasteiger partial charge in [0.15, 0.2) is 11.8 Å². The lowest BCUT2D eigenvalue weighted by Gasteiger charge is -2.24. The molecule has 0 saturated heterocycles. The van der Waals surface area contributed by atoms with Crippen LogP contribution in [0.3, 0.4) is 0 Å². The first-order valence-electron chi connectivity index (χ1n) is 18.8. The zero-order valence-electron chi connectivity index (χ0n) is 32.3. The molecule has 0 saturated carbocycles. The summed E-state index contributed by atoms with van der Waals surface area (Å²) in [6.45, 7) is 4.48. The maximum Gasteiger partial charge on any atom is 0.249 e. The van der Waals surface area contributed by atoms with Crippen molar-refractivity contribution in [3.05, 3.63) is 131 Å². The van der Waals surface area contributed by atoms with Gasteiger partial charge >= 0.3 is 0 Å². The Balaban J connectivity index is 1.20. The number of rotatable bonds is 18. The second-order valence-electron chi connectivity index (χ2n) is 14.2. The average molecular weight is 759 g/mol. The lowest BCUT2D eigenvalue weighted by atomic mass is 9.95. The number of ether oxygens (including phenoxy) is 1. The number of aryl methyl sites for hydroxylation is 5. The van der Waals surface area contributed by atoms with Crippen molar-refractivity contribution in [2.45, 2.75) is 77.0 Å². The number of amides is 2. The molecule has 3 aromatic heterocycles. The highest BCUT2D eigenvalue weighted by Crippen LogP contribution is 2.25. The number of carbonyl (C=O) groups is 2. The number of methoxy groups -OCH3 is 1. The molecular weight excluding hydrogens is 709 g/mol. The van der Waals surface area contributed by atoms with Crippen LogP contribution in [-0.4, -0.2) is 60.3 Å². The van der Waals surface area contributed by atoms with Crippen LogP contribution in [-0.2, 0) is 42.4 Å². The highest BCUT2D eigenvalue weighted by molar-refractivity contribution is 5.90. The van der Waals surface area contributed by atoms with E-state index in [9.17, 15) is 9.59 Å². The smallest absolute Gasteiger partial charge is 0.249 e. The molecule has 3 atom stereocenters. The van der Waals surface area contributed by atoms with Gasteiger partial charge in [0.2, 0.25) is 17.7 Å². The molecule has 0 spiro atoms. The molecule has 0 aliphatic heterocycles. The monoisotopic (exact) mass is 758 g/mol. The number of nitrogen functional groups attached to an aromatic ring is 1. The summed E-state index contributed by atoms with van der Waals surface area (Å²) in [5.41, 5.74) is 19.2. The number of hydrogen-bond donors (Lipinski definition) is 4. The Morgan fingerprint density at radius 3 is 2.34 bits per heavy atom. The normalized spacial score (nSPS) is 12.9. The van der Waals surface area contributed by atoms with E-state index in [1.54, 1.807) is 30.4 Å². The van der Waals surface area contributed by atoms with Crippen molar-refractivity contribution >= 4 is 17.8 Å². The van der Waals surface area contributed by atoms with Crippen molar-refractivity contribution in [1.82, 2.24) is 39.9 Å². The standard InChI is InChI=1S/C42H50N10O4/c1-27-21-33(55-4)22-28(2)34(27)24-37(48-39(53)35(43)11-8-19-52-20-18-45-42(52)44)40(54)47-36(17-16-32-25-51(3)26-46-32)41-49-38(50-56-41)23-29-12-14-31(15-13-29)30-9-6-5-7-10-30/h5-7,9-10,12-15,18,20-22,25-26,35-37H,8,11,16-17,19,23-24,43H2,1-4H3,(H2,44,45)(H,47,54)(H,48,53)/t35-,36+,37+/m1/s1. The number of imidazole rings is 2. The summed E-state index contributed by atoms with van der Waals surface area (Å²) in [5, 5.41) is 10.4. The van der Waals surface area contributed by atoms with Crippen LogP contribution in [0, 0.1) is 13.8 Å². The lowest BCUT2D eigenvalue weighted by Crippen LogP contribution is -2.53. The molecular formula is C42H50N10O4. The van der Waals surface area contributed by atoms with E-state index in [4.69, 9.17) is 25.7 Å². The molecule has 292 valence electrons. The van der Waals surface area contributed by atoms with Crippen LogP contribution in [0.5, 0.6) is 5.75 Å². The average Bonchev–Trinajstić information content (AvgIpc) is 3.95. The predicted molar refractivity (Wildman–Crippen MR) is 213 cm³/mol. The highest BCUT2D eigenvalue weighted by atomic mass is 16.5. The Morgan fingerprint density at radius 1 is 0.946 bits per heavy atom. The van der Waals surface area contributed by atoms with Gasteiger partial charge in [-0.15, -0.1) is 0 Å². The number of nitrogens with one attached hydrogen (secondary N) is 2. The fourth-order valence-electron chi connectivity index (χ4n) is 6.76. The number of benzene rings is 3. The molecule has 3 heterocycles. The maximum atomic E-state index is 14.4. The van der Waals surface area contributed by atoms with E-state index >= 15 is 0 Å². The molecule has 0 unspecified atom stereocenters. The zero-order chi connectivity index (χ0) is 39.6. The van der Waals surface area contributed by atoms with Crippen molar-refractivity contribution in [2.75, 3.05) is 12.8 Å². The van der Waals surface area contributed by atoms with Gasteiger partial charge in [0.25, 0.3) is 0 Å². The van der Waals surface area contributed by atoms with E-state index in [2.05, 4.69) is 50.0 Å². The number of nitrogens with zero attached hydrogens (tertiary/aromatic N) is 6. The second kappa shape index (κ2) is 18.4. The van der Waals surface area contributed by atoms with Crippen LogP contribution in [0.25, 0.3) is 11.1 Å². The molecule has 0 aliphatic rings. The maximum absolute atomic E-state index is 14.4. The summed E-state index contributed by atoms with van der Waals surface area (Å²) >= 11 is 0. The Bertz CT molecular complexity index is 2190. The van der Waals surface area contributed by atoms with E-state index in [0.29, 0.717) is 56.2 Å². The summed E-state index contributed by atoms with van der Waals surface area (Å²) in [7, 11) is 3.52. The van der Waals surface area contributed by atoms with Crippen LogP contribution in [0.15, 0.2) is 96.2 Å². The minimum atomic E-state index is -0.966. The molecule has 6 aromatic rings. The SMILES string of the molecule is COc1cc(C)c(C[C@H](NC(=O)[C@H](N)CCCn2ccnc2N)C(=O)N[C@@H](CCc2cn(C)cn2)c2nc(Cc3ccc(-c4ccccc4)cc3)no2)c(C)c1. The van der Waals surface area contributed by atoms with E-state index in [0.717, 1.165) is 39.1 Å². The van der Waals surface area contributed by atoms with Gasteiger partial charge in [0.05, 0.1) is 25.2 Å². The van der Waals surface area contributed by atoms with Gasteiger partial charge in [-0.2, -0.15) is 4.98 Å². The molecule has 14 heteroatoms. The molecule has 56 heavy (non-hydrogen) atoms. The van der Waals surface area contributed by atoms with Gasteiger partial charge in [0.1, 0.15) is 17.8 Å². The molecule has 14 nitrogen and oxygen atoms in total. The third-order valence-electron chi connectivity index (χ3n) is 9.91. The highest BCUT2D eigenvalue weighted by Gasteiger charge is 2.30. The van der Waals surface area contributed by atoms with E-state index in [1.165, 1.54) is 0 Å². The van der Waals surface area contributed by atoms with E-state index in [-0.39, 0.29) is 12.3 Å². The van der Waals surface area contributed by atoms with E-state index in [1.807, 2.05) is 74.1 Å². The molecule has 6 N–H and O–H groups in total. The number of carbonyl (C=O) groups excluding carboxylic acids is 2. The Labute approximate surface area is 326 Å². The third-order valence-corrected chi connectivity index (χ3v) is 9.91. The molecule has 6 rings (SSSR count). The third kappa shape index (κ3) is 10.3. The summed E-state index contributed by atoms with van der Waals surface area (Å²) in [6, 6.07) is 19.8. The van der Waals surface area contributed by atoms with E-state index < -0.39 is 29.9 Å². The van der Waals surface area contributed by atoms with Gasteiger partial charge in [-0.1, -0.05) is 59.8 Å². The zero-order valence-corrected chi connectivity index (χ0v) is 32.3. The first-order chi connectivity index (χ1) is 27.1. The van der Waals surface area contributed by atoms with Gasteiger partial charge in [-0.25, -0.2) is 9.97 Å². The summed E-state index contributed by atoms with van der Waals surface area (Å²) in [5.74, 6) is 1.02. The Hall–Kier alpha value is -6.28. The quantitative estimate of drug-likeness (QED) is 0.0947. The summed E-state index contributed by atoms with van der Waals surface area (Å²) in [6.07, 6.45) is 9.66. The molecule has 3 aromatic carbocycles. The Morgan fingerprint density at radius 2 is 1.68 bits per heavy atom. The predicted octanol–water partition coefficient (Wildman–Crippen LogP) is 4.79. The van der Waals surface area contributed by atoms with Gasteiger partial charge in [-0.05, 0) is 85.0 Å². The van der Waals surface area contributed by atoms with Crippen LogP contribution in [0.2, 0.25) is 0 Å². The first-order valence-corrected chi connectivity index (χ1v) is 18.8. The van der Waals surface area contributed by atoms with Crippen LogP contribution < -0.4 is 26.8 Å². The molecule has 0 aliphatic carbocycles. The molecule has 0 bridgehead atoms. The van der Waals surface area contributed by atoms with Crippen molar-refractivity contribution in [1.29, 1.82) is 0 Å². The number of anilines is 1. The van der Waals surface area contributed by atoms with Crippen molar-refractivity contribution in [3.63, 3.8) is 0 Å². The second-order valence-corrected chi connectivity index (χ2v) is 14.2. The van der Waals surface area contributed by atoms with Crippen LogP contribution >= 0.6 is 0 Å². The molecule has 0 fully saturated rings. The number of hydrogen-bond acceptors (Lipinski definition) is 10. The van der Waals surface area contributed by atoms with Gasteiger partial charge in [-0.3, -0.25) is 9.59 Å². The van der Waals surface area contributed by atoms with Crippen molar-refractivity contribution < 1.29 is 18.8 Å². The van der Waals surface area contributed by atoms with Crippen LogP contribution in [0.1, 0.15) is 65.0 Å². The number of aromatic nitrogens is 6. The summed E-state index contributed by atoms with van der Waals surface area (Å²) < 4.78 is 15.0. The van der Waals surface area contributed by atoms with Gasteiger partial charge in [0, 0.05) is 45.0 Å². The topological polar surface area (TPSA) is 194 Å². The largest absolute Gasteiger partial charge is 0.497 e. The number of nitrogens with two attached hydrogens (primary N) is 2. The summed E-state index contributed by atoms with van der Waals surface area (Å²) in [4.78, 5) is 41.2. The Kier molecular flexibility index (Phi) is 12.9. The minimum absolute atomic E-state index is 0.221. The lowest BCUT2D eigenvalue weighted by molar-refractivity contribution is -0.130. The van der Waals surface area contributed by atoms with Crippen LogP contribution in [0.4, 0.5) is 5.95 Å². The minimum Gasteiger partial charge on any atom is -0.497 e. The van der Waals surface area contributed by atoms with Crippen molar-refractivity contribution in [3.8, 4) is 16.9 Å². The first kappa shape index (κ1) is 39.4. The fourth-order valence-corrected chi connectivity index (χ4v) is 6.76. The molecule has 0 radical (unpaired) electrons. The van der Waals surface area contributed by atoms with Crippen molar-refractivity contribution in [2.24, 2.45) is 12.8 Å². The molecule has 2 amide bonds. The fraction of sp³-hybridized carbons (Fsp3) is 0.333.